The van der Waals surface area contributed by atoms with Crippen molar-refractivity contribution in [3.05, 3.63) is 33.3 Å². The molecule has 0 saturated carbocycles. The van der Waals surface area contributed by atoms with E-state index in [9.17, 15) is 5.11 Å². The molecule has 0 radical (unpaired) electrons. The van der Waals surface area contributed by atoms with Crippen LogP contribution in [0.5, 0.6) is 0 Å². The first kappa shape index (κ1) is 18.0. The number of halogens is 2. The summed E-state index contributed by atoms with van der Waals surface area (Å²) in [6.07, 6.45) is 10.8. The van der Waals surface area contributed by atoms with Crippen LogP contribution in [-0.2, 0) is 0 Å². The molecule has 1 unspecified atom stereocenters. The first-order valence-corrected chi connectivity index (χ1v) is 8.95. The van der Waals surface area contributed by atoms with E-state index in [0.29, 0.717) is 5.02 Å². The van der Waals surface area contributed by atoms with Crippen LogP contribution in [0.1, 0.15) is 76.4 Å². The van der Waals surface area contributed by atoms with Gasteiger partial charge in [-0.3, -0.25) is 0 Å². The highest BCUT2D eigenvalue weighted by Crippen LogP contribution is 2.28. The lowest BCUT2D eigenvalue weighted by Gasteiger charge is -2.11. The molecule has 0 heterocycles. The maximum Gasteiger partial charge on any atom is 0.0790 e. The highest BCUT2D eigenvalue weighted by molar-refractivity contribution is 9.10. The van der Waals surface area contributed by atoms with Crippen LogP contribution in [0.4, 0.5) is 0 Å². The lowest BCUT2D eigenvalue weighted by Crippen LogP contribution is -1.97. The highest BCUT2D eigenvalue weighted by Gasteiger charge is 2.08. The molecule has 1 aromatic carbocycles. The number of rotatable bonds is 10. The molecule has 0 amide bonds. The fraction of sp³-hybridized carbons (Fsp3) is 0.647. The second-order valence-electron chi connectivity index (χ2n) is 5.45. The molecule has 20 heavy (non-hydrogen) atoms. The van der Waals surface area contributed by atoms with Gasteiger partial charge < -0.3 is 5.11 Å². The second kappa shape index (κ2) is 10.6. The van der Waals surface area contributed by atoms with Crippen LogP contribution in [0.15, 0.2) is 22.7 Å². The van der Waals surface area contributed by atoms with Crippen molar-refractivity contribution in [3.8, 4) is 0 Å². The lowest BCUT2D eigenvalue weighted by molar-refractivity contribution is 0.163. The van der Waals surface area contributed by atoms with E-state index in [1.54, 1.807) is 0 Å². The number of aliphatic hydroxyl groups is 1. The van der Waals surface area contributed by atoms with Gasteiger partial charge in [0.15, 0.2) is 0 Å². The molecule has 0 spiro atoms. The van der Waals surface area contributed by atoms with Gasteiger partial charge in [0.25, 0.3) is 0 Å². The van der Waals surface area contributed by atoms with Crippen molar-refractivity contribution in [3.63, 3.8) is 0 Å². The summed E-state index contributed by atoms with van der Waals surface area (Å²) in [6, 6.07) is 5.65. The first-order chi connectivity index (χ1) is 9.65. The van der Waals surface area contributed by atoms with Gasteiger partial charge in [-0.05, 0) is 40.0 Å². The summed E-state index contributed by atoms with van der Waals surface area (Å²) in [5.41, 5.74) is 0.948. The van der Waals surface area contributed by atoms with E-state index >= 15 is 0 Å². The topological polar surface area (TPSA) is 20.2 Å². The molecule has 0 bridgehead atoms. The Labute approximate surface area is 136 Å². The summed E-state index contributed by atoms with van der Waals surface area (Å²) in [7, 11) is 0. The Kier molecular flexibility index (Phi) is 9.58. The van der Waals surface area contributed by atoms with E-state index in [1.807, 2.05) is 18.2 Å². The molecule has 0 aliphatic heterocycles. The third kappa shape index (κ3) is 7.10. The summed E-state index contributed by atoms with van der Waals surface area (Å²) in [5, 5.41) is 10.8. The highest BCUT2D eigenvalue weighted by atomic mass is 79.9. The normalized spacial score (nSPS) is 12.6. The standard InChI is InChI=1S/C17H26BrClO/c1-2-3-4-5-6-7-8-9-10-17(20)14-11-12-16(19)15(18)13-14/h11-13,17,20H,2-10H2,1H3. The van der Waals surface area contributed by atoms with Gasteiger partial charge in [0.1, 0.15) is 0 Å². The van der Waals surface area contributed by atoms with Crippen molar-refractivity contribution in [2.45, 2.75) is 70.8 Å². The van der Waals surface area contributed by atoms with E-state index in [2.05, 4.69) is 22.9 Å². The maximum absolute atomic E-state index is 10.1. The van der Waals surface area contributed by atoms with Crippen molar-refractivity contribution < 1.29 is 5.11 Å². The van der Waals surface area contributed by atoms with Crippen molar-refractivity contribution >= 4 is 27.5 Å². The first-order valence-electron chi connectivity index (χ1n) is 7.78. The fourth-order valence-corrected chi connectivity index (χ4v) is 2.87. The number of unbranched alkanes of at least 4 members (excludes halogenated alkanes) is 7. The minimum absolute atomic E-state index is 0.372. The van der Waals surface area contributed by atoms with Crippen LogP contribution in [0.2, 0.25) is 5.02 Å². The maximum atomic E-state index is 10.1. The molecule has 3 heteroatoms. The number of hydrogen-bond acceptors (Lipinski definition) is 1. The van der Waals surface area contributed by atoms with Crippen molar-refractivity contribution in [1.82, 2.24) is 0 Å². The van der Waals surface area contributed by atoms with Crippen LogP contribution in [0.25, 0.3) is 0 Å². The van der Waals surface area contributed by atoms with E-state index in [4.69, 9.17) is 11.6 Å². The summed E-state index contributed by atoms with van der Waals surface area (Å²) in [4.78, 5) is 0. The Morgan fingerprint density at radius 1 is 1.05 bits per heavy atom. The minimum Gasteiger partial charge on any atom is -0.388 e. The number of benzene rings is 1. The van der Waals surface area contributed by atoms with Gasteiger partial charge in [0, 0.05) is 4.47 Å². The molecule has 1 aromatic rings. The quantitative estimate of drug-likeness (QED) is 0.461. The van der Waals surface area contributed by atoms with E-state index in [-0.39, 0.29) is 6.10 Å². The zero-order valence-corrected chi connectivity index (χ0v) is 14.7. The van der Waals surface area contributed by atoms with Gasteiger partial charge in [0.2, 0.25) is 0 Å². The van der Waals surface area contributed by atoms with Gasteiger partial charge in [-0.15, -0.1) is 0 Å². The van der Waals surface area contributed by atoms with E-state index in [1.165, 1.54) is 44.9 Å². The van der Waals surface area contributed by atoms with E-state index < -0.39 is 0 Å². The predicted octanol–water partition coefficient (Wildman–Crippen LogP) is 6.67. The summed E-state index contributed by atoms with van der Waals surface area (Å²) >= 11 is 9.35. The zero-order valence-electron chi connectivity index (χ0n) is 12.4. The molecule has 1 rings (SSSR count). The molecule has 114 valence electrons. The van der Waals surface area contributed by atoms with E-state index in [0.717, 1.165) is 22.9 Å². The largest absolute Gasteiger partial charge is 0.388 e. The summed E-state index contributed by atoms with van der Waals surface area (Å²) in [6.45, 7) is 2.25. The van der Waals surface area contributed by atoms with Gasteiger partial charge >= 0.3 is 0 Å². The Morgan fingerprint density at radius 2 is 1.65 bits per heavy atom. The summed E-state index contributed by atoms with van der Waals surface area (Å²) < 4.78 is 0.853. The average Bonchev–Trinajstić information content (AvgIpc) is 2.44. The lowest BCUT2D eigenvalue weighted by atomic mass is 10.0. The molecule has 0 aliphatic carbocycles. The molecule has 0 aliphatic rings. The minimum atomic E-state index is -0.372. The fourth-order valence-electron chi connectivity index (χ4n) is 2.36. The number of hydrogen-bond donors (Lipinski definition) is 1. The zero-order chi connectivity index (χ0) is 14.8. The SMILES string of the molecule is CCCCCCCCCCC(O)c1ccc(Cl)c(Br)c1. The molecular weight excluding hydrogens is 336 g/mol. The Balaban J connectivity index is 2.13. The third-order valence-corrected chi connectivity index (χ3v) is 4.87. The average molecular weight is 362 g/mol. The molecule has 1 N–H and O–H groups in total. The molecule has 0 aromatic heterocycles. The second-order valence-corrected chi connectivity index (χ2v) is 6.71. The molecule has 0 fully saturated rings. The monoisotopic (exact) mass is 360 g/mol. The smallest absolute Gasteiger partial charge is 0.0790 e. The molecular formula is C17H26BrClO. The van der Waals surface area contributed by atoms with Gasteiger partial charge in [-0.2, -0.15) is 0 Å². The van der Waals surface area contributed by atoms with Crippen LogP contribution in [0, 0.1) is 0 Å². The third-order valence-electron chi connectivity index (χ3n) is 3.66. The Morgan fingerprint density at radius 3 is 2.25 bits per heavy atom. The predicted molar refractivity (Wildman–Crippen MR) is 91.3 cm³/mol. The van der Waals surface area contributed by atoms with Crippen LogP contribution < -0.4 is 0 Å². The Bertz CT molecular complexity index is 381. The van der Waals surface area contributed by atoms with Crippen molar-refractivity contribution in [1.29, 1.82) is 0 Å². The Hall–Kier alpha value is -0.0500. The van der Waals surface area contributed by atoms with Gasteiger partial charge in [-0.25, -0.2) is 0 Å². The summed E-state index contributed by atoms with van der Waals surface area (Å²) in [5.74, 6) is 0. The molecule has 0 saturated heterocycles. The number of aliphatic hydroxyl groups excluding tert-OH is 1. The van der Waals surface area contributed by atoms with Crippen LogP contribution in [-0.4, -0.2) is 5.11 Å². The molecule has 1 atom stereocenters. The molecule has 1 nitrogen and oxygen atoms in total. The van der Waals surface area contributed by atoms with Gasteiger partial charge in [0.05, 0.1) is 11.1 Å². The van der Waals surface area contributed by atoms with Crippen LogP contribution in [0.3, 0.4) is 0 Å². The van der Waals surface area contributed by atoms with Crippen molar-refractivity contribution in [2.24, 2.45) is 0 Å². The van der Waals surface area contributed by atoms with Crippen molar-refractivity contribution in [2.75, 3.05) is 0 Å². The van der Waals surface area contributed by atoms with Gasteiger partial charge in [-0.1, -0.05) is 76.0 Å². The van der Waals surface area contributed by atoms with Crippen LogP contribution >= 0.6 is 27.5 Å².